The molecule has 116 valence electrons. The van der Waals surface area contributed by atoms with Crippen molar-refractivity contribution in [1.82, 2.24) is 11.0 Å². The van der Waals surface area contributed by atoms with Crippen molar-refractivity contribution in [3.63, 3.8) is 0 Å². The lowest BCUT2D eigenvalue weighted by Gasteiger charge is -2.06. The zero-order chi connectivity index (χ0) is 15.5. The smallest absolute Gasteiger partial charge is 0.303 e. The van der Waals surface area contributed by atoms with E-state index in [4.69, 9.17) is 10.9 Å². The predicted octanol–water partition coefficient (Wildman–Crippen LogP) is 0.780. The molecule has 0 unspecified atom stereocenters. The first-order valence-electron chi connectivity index (χ1n) is 6.91. The number of rotatable bonds is 10. The summed E-state index contributed by atoms with van der Waals surface area (Å²) in [5.41, 5.74) is 6.75. The Morgan fingerprint density at radius 2 is 1.81 bits per heavy atom. The molecular formula is C14H22N4O3. The molecule has 7 nitrogen and oxygen atoms in total. The summed E-state index contributed by atoms with van der Waals surface area (Å²) >= 11 is 0. The molecule has 0 aromatic heterocycles. The highest BCUT2D eigenvalue weighted by molar-refractivity contribution is 5.90. The fourth-order valence-corrected chi connectivity index (χ4v) is 1.80. The van der Waals surface area contributed by atoms with Crippen LogP contribution in [0.25, 0.3) is 0 Å². The second-order valence-corrected chi connectivity index (χ2v) is 4.67. The van der Waals surface area contributed by atoms with E-state index in [1.165, 1.54) is 0 Å². The first kappa shape index (κ1) is 17.1. The van der Waals surface area contributed by atoms with Gasteiger partial charge in [-0.3, -0.25) is 15.4 Å². The number of nitrogens with two attached hydrogens (primary N) is 1. The van der Waals surface area contributed by atoms with Crippen molar-refractivity contribution in [3.05, 3.63) is 29.8 Å². The number of hydrogen-bond donors (Lipinski definition) is 5. The number of hydrazine groups is 2. The van der Waals surface area contributed by atoms with Gasteiger partial charge in [0.2, 0.25) is 5.91 Å². The molecule has 0 aliphatic heterocycles. The fraction of sp³-hybridized carbons (Fsp3) is 0.429. The minimum absolute atomic E-state index is 0.0333. The van der Waals surface area contributed by atoms with E-state index >= 15 is 0 Å². The minimum Gasteiger partial charge on any atom is -0.481 e. The number of hydrogen-bond acceptors (Lipinski definition) is 5. The van der Waals surface area contributed by atoms with Crippen molar-refractivity contribution in [2.45, 2.75) is 32.1 Å². The standard InChI is InChI=1S/C14H22N4O3/c15-18-16-10-2-1-3-13(19)17-12-7-4-11(5-8-12)6-9-14(20)21/h4-5,7-8,16,18H,1-3,6,9-10,15H2,(H,17,19)(H,20,21). The summed E-state index contributed by atoms with van der Waals surface area (Å²) < 4.78 is 0. The quantitative estimate of drug-likeness (QED) is 0.247. The first-order chi connectivity index (χ1) is 10.1. The number of nitrogens with one attached hydrogen (secondary N) is 3. The van der Waals surface area contributed by atoms with Gasteiger partial charge in [0.05, 0.1) is 0 Å². The summed E-state index contributed by atoms with van der Waals surface area (Å²) in [5, 5.41) is 11.4. The van der Waals surface area contributed by atoms with Gasteiger partial charge in [0.15, 0.2) is 0 Å². The molecule has 1 aromatic carbocycles. The van der Waals surface area contributed by atoms with Gasteiger partial charge < -0.3 is 10.4 Å². The lowest BCUT2D eigenvalue weighted by molar-refractivity contribution is -0.137. The largest absolute Gasteiger partial charge is 0.481 e. The molecule has 1 aromatic rings. The van der Waals surface area contributed by atoms with E-state index in [9.17, 15) is 9.59 Å². The molecule has 0 radical (unpaired) electrons. The summed E-state index contributed by atoms with van der Waals surface area (Å²) in [5.74, 6) is 4.20. The van der Waals surface area contributed by atoms with E-state index in [0.717, 1.165) is 24.1 Å². The minimum atomic E-state index is -0.813. The Morgan fingerprint density at radius 3 is 2.43 bits per heavy atom. The molecule has 0 bridgehead atoms. The second-order valence-electron chi connectivity index (χ2n) is 4.67. The third kappa shape index (κ3) is 8.03. The topological polar surface area (TPSA) is 116 Å². The summed E-state index contributed by atoms with van der Waals surface area (Å²) in [6.45, 7) is 0.710. The Hall–Kier alpha value is -1.96. The fourth-order valence-electron chi connectivity index (χ4n) is 1.80. The van der Waals surface area contributed by atoms with Gasteiger partial charge in [-0.2, -0.15) is 5.53 Å². The maximum absolute atomic E-state index is 11.7. The zero-order valence-corrected chi connectivity index (χ0v) is 11.9. The second kappa shape index (κ2) is 9.87. The highest BCUT2D eigenvalue weighted by Gasteiger charge is 2.03. The summed E-state index contributed by atoms with van der Waals surface area (Å²) in [6.07, 6.45) is 2.68. The van der Waals surface area contributed by atoms with Gasteiger partial charge in [0.25, 0.3) is 0 Å². The highest BCUT2D eigenvalue weighted by atomic mass is 16.4. The molecule has 21 heavy (non-hydrogen) atoms. The van der Waals surface area contributed by atoms with Gasteiger partial charge in [-0.1, -0.05) is 12.1 Å². The molecule has 0 fully saturated rings. The Balaban J connectivity index is 2.27. The van der Waals surface area contributed by atoms with Gasteiger partial charge in [0.1, 0.15) is 0 Å². The molecule has 0 aliphatic carbocycles. The molecule has 0 atom stereocenters. The van der Waals surface area contributed by atoms with Crippen LogP contribution in [0.2, 0.25) is 0 Å². The van der Waals surface area contributed by atoms with Crippen LogP contribution >= 0.6 is 0 Å². The number of carbonyl (C=O) groups is 2. The van der Waals surface area contributed by atoms with E-state index in [1.807, 2.05) is 12.1 Å². The lowest BCUT2D eigenvalue weighted by atomic mass is 10.1. The Kier molecular flexibility index (Phi) is 8.03. The molecule has 0 saturated carbocycles. The molecule has 7 heteroatoms. The number of carboxylic acid groups (broad SMARTS) is 1. The van der Waals surface area contributed by atoms with Crippen molar-refractivity contribution in [2.24, 2.45) is 5.84 Å². The number of anilines is 1. The molecule has 1 amide bonds. The molecule has 6 N–H and O–H groups in total. The van der Waals surface area contributed by atoms with Gasteiger partial charge in [-0.25, -0.2) is 5.43 Å². The summed E-state index contributed by atoms with van der Waals surface area (Å²) in [4.78, 5) is 22.2. The Bertz CT molecular complexity index is 448. The number of carboxylic acids is 1. The lowest BCUT2D eigenvalue weighted by Crippen LogP contribution is -2.38. The molecular weight excluding hydrogens is 272 g/mol. The van der Waals surface area contributed by atoms with E-state index in [1.54, 1.807) is 12.1 Å². The van der Waals surface area contributed by atoms with E-state index in [-0.39, 0.29) is 12.3 Å². The van der Waals surface area contributed by atoms with Gasteiger partial charge in [-0.15, -0.1) is 0 Å². The molecule has 0 heterocycles. The summed E-state index contributed by atoms with van der Waals surface area (Å²) in [7, 11) is 0. The third-order valence-corrected chi connectivity index (χ3v) is 2.92. The SMILES string of the molecule is NNNCCCCC(=O)Nc1ccc(CCC(=O)O)cc1. The van der Waals surface area contributed by atoms with Crippen LogP contribution < -0.4 is 22.1 Å². The van der Waals surface area contributed by atoms with Crippen LogP contribution in [0.15, 0.2) is 24.3 Å². The van der Waals surface area contributed by atoms with Crippen LogP contribution in [0.1, 0.15) is 31.2 Å². The number of amides is 1. The molecule has 0 aliphatic rings. The number of aliphatic carboxylic acids is 1. The van der Waals surface area contributed by atoms with Crippen molar-refractivity contribution in [3.8, 4) is 0 Å². The maximum atomic E-state index is 11.7. The van der Waals surface area contributed by atoms with Crippen molar-refractivity contribution in [2.75, 3.05) is 11.9 Å². The molecule has 0 spiro atoms. The van der Waals surface area contributed by atoms with Crippen LogP contribution in [-0.4, -0.2) is 23.5 Å². The number of unbranched alkanes of at least 4 members (excludes halogenated alkanes) is 1. The summed E-state index contributed by atoms with van der Waals surface area (Å²) in [6, 6.07) is 7.23. The van der Waals surface area contributed by atoms with Crippen molar-refractivity contribution in [1.29, 1.82) is 0 Å². The zero-order valence-electron chi connectivity index (χ0n) is 11.9. The predicted molar refractivity (Wildman–Crippen MR) is 80.2 cm³/mol. The van der Waals surface area contributed by atoms with Crippen molar-refractivity contribution < 1.29 is 14.7 Å². The normalized spacial score (nSPS) is 10.3. The molecule has 1 rings (SSSR count). The van der Waals surface area contributed by atoms with Crippen LogP contribution in [0, 0.1) is 0 Å². The van der Waals surface area contributed by atoms with Crippen molar-refractivity contribution >= 4 is 17.6 Å². The Morgan fingerprint density at radius 1 is 1.10 bits per heavy atom. The van der Waals surface area contributed by atoms with E-state index < -0.39 is 5.97 Å². The first-order valence-corrected chi connectivity index (χ1v) is 6.91. The van der Waals surface area contributed by atoms with Crippen LogP contribution in [0.3, 0.4) is 0 Å². The molecule has 0 saturated heterocycles. The number of carbonyl (C=O) groups excluding carboxylic acids is 1. The van der Waals surface area contributed by atoms with Gasteiger partial charge in [0, 0.05) is 25.1 Å². The van der Waals surface area contributed by atoms with Gasteiger partial charge in [-0.05, 0) is 37.0 Å². The highest BCUT2D eigenvalue weighted by Crippen LogP contribution is 2.12. The average Bonchev–Trinajstić information content (AvgIpc) is 2.46. The maximum Gasteiger partial charge on any atom is 0.303 e. The van der Waals surface area contributed by atoms with E-state index in [2.05, 4.69) is 16.3 Å². The van der Waals surface area contributed by atoms with Crippen LogP contribution in [0.5, 0.6) is 0 Å². The van der Waals surface area contributed by atoms with Gasteiger partial charge >= 0.3 is 5.97 Å². The third-order valence-electron chi connectivity index (χ3n) is 2.92. The van der Waals surface area contributed by atoms with Crippen LogP contribution in [0.4, 0.5) is 5.69 Å². The Labute approximate surface area is 123 Å². The number of benzene rings is 1. The monoisotopic (exact) mass is 294 g/mol. The van der Waals surface area contributed by atoms with Crippen LogP contribution in [-0.2, 0) is 16.0 Å². The number of aryl methyl sites for hydroxylation is 1. The van der Waals surface area contributed by atoms with E-state index in [0.29, 0.717) is 19.4 Å². The average molecular weight is 294 g/mol.